The lowest BCUT2D eigenvalue weighted by molar-refractivity contribution is -0.126. The second-order valence-electron chi connectivity index (χ2n) is 8.89. The van der Waals surface area contributed by atoms with Crippen molar-refractivity contribution >= 4 is 27.5 Å². The van der Waals surface area contributed by atoms with Crippen LogP contribution in [0.15, 0.2) is 53.4 Å². The van der Waals surface area contributed by atoms with Gasteiger partial charge in [-0.25, -0.2) is 8.42 Å². The van der Waals surface area contributed by atoms with Crippen molar-refractivity contribution in [2.75, 3.05) is 39.3 Å². The first kappa shape index (κ1) is 25.0. The molecule has 2 aromatic carbocycles. The van der Waals surface area contributed by atoms with Gasteiger partial charge in [0, 0.05) is 31.2 Å². The SMILES string of the molecule is O=C(NCCOc1ccc(S(=O)(=O)N2CCCC2)cc1)C1CCCN(Cc2ccccc2Cl)C1. The fourth-order valence-electron chi connectivity index (χ4n) is 4.55. The first-order valence-corrected chi connectivity index (χ1v) is 13.7. The zero-order valence-corrected chi connectivity index (χ0v) is 20.9. The van der Waals surface area contributed by atoms with Gasteiger partial charge in [-0.1, -0.05) is 29.8 Å². The van der Waals surface area contributed by atoms with Crippen LogP contribution < -0.4 is 10.1 Å². The van der Waals surface area contributed by atoms with Gasteiger partial charge >= 0.3 is 0 Å². The Morgan fingerprint density at radius 1 is 1.03 bits per heavy atom. The maximum atomic E-state index is 12.7. The number of likely N-dealkylation sites (tertiary alicyclic amines) is 1. The van der Waals surface area contributed by atoms with Crippen LogP contribution in [0.25, 0.3) is 0 Å². The highest BCUT2D eigenvalue weighted by atomic mass is 35.5. The van der Waals surface area contributed by atoms with Gasteiger partial charge in [0.15, 0.2) is 0 Å². The number of nitrogens with one attached hydrogen (secondary N) is 1. The Bertz CT molecular complexity index is 1070. The fraction of sp³-hybridized carbons (Fsp3) is 0.480. The molecule has 2 aromatic rings. The molecule has 7 nitrogen and oxygen atoms in total. The third-order valence-corrected chi connectivity index (χ3v) is 8.71. The molecular weight excluding hydrogens is 474 g/mol. The van der Waals surface area contributed by atoms with E-state index in [-0.39, 0.29) is 16.7 Å². The molecule has 2 fully saturated rings. The molecule has 2 aliphatic rings. The van der Waals surface area contributed by atoms with Crippen molar-refractivity contribution < 1.29 is 17.9 Å². The van der Waals surface area contributed by atoms with Crippen LogP contribution in [0.1, 0.15) is 31.2 Å². The van der Waals surface area contributed by atoms with E-state index in [1.807, 2.05) is 24.3 Å². The Hall–Kier alpha value is -2.13. The molecule has 34 heavy (non-hydrogen) atoms. The Balaban J connectivity index is 1.20. The lowest BCUT2D eigenvalue weighted by atomic mass is 9.96. The molecule has 0 radical (unpaired) electrons. The fourth-order valence-corrected chi connectivity index (χ4v) is 6.27. The molecule has 0 saturated carbocycles. The Morgan fingerprint density at radius 2 is 1.76 bits per heavy atom. The van der Waals surface area contributed by atoms with Gasteiger partial charge in [-0.05, 0) is 68.1 Å². The van der Waals surface area contributed by atoms with Crippen LogP contribution in [0.5, 0.6) is 5.75 Å². The van der Waals surface area contributed by atoms with Gasteiger partial charge < -0.3 is 10.1 Å². The minimum atomic E-state index is -3.42. The summed E-state index contributed by atoms with van der Waals surface area (Å²) >= 11 is 6.29. The summed E-state index contributed by atoms with van der Waals surface area (Å²) in [6.45, 7) is 4.30. The molecule has 0 bridgehead atoms. The Kier molecular flexibility index (Phi) is 8.47. The first-order valence-electron chi connectivity index (χ1n) is 11.9. The summed E-state index contributed by atoms with van der Waals surface area (Å²) < 4.78 is 32.4. The first-order chi connectivity index (χ1) is 16.4. The number of carbonyl (C=O) groups excluding carboxylic acids is 1. The van der Waals surface area contributed by atoms with Crippen LogP contribution >= 0.6 is 11.6 Å². The van der Waals surface area contributed by atoms with Crippen LogP contribution in [0.3, 0.4) is 0 Å². The topological polar surface area (TPSA) is 78.9 Å². The molecule has 1 N–H and O–H groups in total. The van der Waals surface area contributed by atoms with Crippen molar-refractivity contribution in [3.63, 3.8) is 0 Å². The van der Waals surface area contributed by atoms with Crippen LogP contribution in [0, 0.1) is 5.92 Å². The number of nitrogens with zero attached hydrogens (tertiary/aromatic N) is 2. The van der Waals surface area contributed by atoms with E-state index in [0.717, 1.165) is 49.4 Å². The number of carbonyl (C=O) groups is 1. The van der Waals surface area contributed by atoms with E-state index in [1.165, 1.54) is 4.31 Å². The molecule has 9 heteroatoms. The molecule has 0 spiro atoms. The number of hydrogen-bond donors (Lipinski definition) is 1. The number of benzene rings is 2. The monoisotopic (exact) mass is 505 g/mol. The minimum Gasteiger partial charge on any atom is -0.492 e. The van der Waals surface area contributed by atoms with E-state index in [1.54, 1.807) is 24.3 Å². The van der Waals surface area contributed by atoms with Crippen LogP contribution in [-0.4, -0.2) is 62.9 Å². The summed E-state index contributed by atoms with van der Waals surface area (Å²) in [6.07, 6.45) is 3.67. The highest BCUT2D eigenvalue weighted by molar-refractivity contribution is 7.89. The zero-order valence-electron chi connectivity index (χ0n) is 19.3. The van der Waals surface area contributed by atoms with Gasteiger partial charge in [0.2, 0.25) is 15.9 Å². The van der Waals surface area contributed by atoms with E-state index in [4.69, 9.17) is 16.3 Å². The number of piperidine rings is 1. The highest BCUT2D eigenvalue weighted by Crippen LogP contribution is 2.24. The van der Waals surface area contributed by atoms with Crippen molar-refractivity contribution in [3.8, 4) is 5.75 Å². The molecule has 2 aliphatic heterocycles. The number of hydrogen-bond acceptors (Lipinski definition) is 5. The third-order valence-electron chi connectivity index (χ3n) is 6.42. The van der Waals surface area contributed by atoms with E-state index >= 15 is 0 Å². The van der Waals surface area contributed by atoms with Crippen LogP contribution in [0.4, 0.5) is 0 Å². The molecule has 2 saturated heterocycles. The van der Waals surface area contributed by atoms with E-state index in [0.29, 0.717) is 38.5 Å². The molecule has 1 atom stereocenters. The lowest BCUT2D eigenvalue weighted by Crippen LogP contribution is -2.43. The van der Waals surface area contributed by atoms with Crippen molar-refractivity contribution in [1.82, 2.24) is 14.5 Å². The third kappa shape index (κ3) is 6.30. The number of amides is 1. The number of halogens is 1. The molecule has 0 aromatic heterocycles. The summed E-state index contributed by atoms with van der Waals surface area (Å²) in [5, 5.41) is 3.73. The quantitative estimate of drug-likeness (QED) is 0.527. The maximum absolute atomic E-state index is 12.7. The van der Waals surface area contributed by atoms with Crippen molar-refractivity contribution in [1.29, 1.82) is 0 Å². The summed E-state index contributed by atoms with van der Waals surface area (Å²) in [7, 11) is -3.42. The van der Waals surface area contributed by atoms with E-state index in [2.05, 4.69) is 10.2 Å². The highest BCUT2D eigenvalue weighted by Gasteiger charge is 2.27. The second kappa shape index (κ2) is 11.5. The molecule has 4 rings (SSSR count). The predicted molar refractivity (Wildman–Crippen MR) is 132 cm³/mol. The number of rotatable bonds is 9. The average Bonchev–Trinajstić information content (AvgIpc) is 3.40. The largest absolute Gasteiger partial charge is 0.492 e. The molecule has 2 heterocycles. The summed E-state index contributed by atoms with van der Waals surface area (Å²) in [4.78, 5) is 15.2. The van der Waals surface area contributed by atoms with Gasteiger partial charge in [0.05, 0.1) is 17.4 Å². The zero-order chi connectivity index (χ0) is 24.0. The molecule has 0 aliphatic carbocycles. The Labute approximate surface area is 207 Å². The number of ether oxygens (including phenoxy) is 1. The summed E-state index contributed by atoms with van der Waals surface area (Å²) in [5.41, 5.74) is 1.08. The van der Waals surface area contributed by atoms with Crippen molar-refractivity contribution in [2.24, 2.45) is 5.92 Å². The lowest BCUT2D eigenvalue weighted by Gasteiger charge is -2.32. The van der Waals surface area contributed by atoms with Gasteiger partial charge in [0.1, 0.15) is 12.4 Å². The molecular formula is C25H32ClN3O4S. The molecule has 1 amide bonds. The van der Waals surface area contributed by atoms with Gasteiger partial charge in [-0.15, -0.1) is 0 Å². The minimum absolute atomic E-state index is 0.0412. The van der Waals surface area contributed by atoms with Crippen molar-refractivity contribution in [2.45, 2.75) is 37.1 Å². The predicted octanol–water partition coefficient (Wildman–Crippen LogP) is 3.53. The van der Waals surface area contributed by atoms with Gasteiger partial charge in [-0.2, -0.15) is 4.31 Å². The standard InChI is InChI=1S/C25H32ClN3O4S/c26-24-8-2-1-6-20(24)18-28-14-5-7-21(19-28)25(30)27-13-17-33-22-9-11-23(12-10-22)34(31,32)29-15-3-4-16-29/h1-2,6,8-12,21H,3-5,7,13-19H2,(H,27,30). The molecule has 1 unspecified atom stereocenters. The van der Waals surface area contributed by atoms with Crippen LogP contribution in [-0.2, 0) is 21.4 Å². The maximum Gasteiger partial charge on any atom is 0.243 e. The van der Waals surface area contributed by atoms with Gasteiger partial charge in [0.25, 0.3) is 0 Å². The molecule has 184 valence electrons. The summed E-state index contributed by atoms with van der Waals surface area (Å²) in [5.74, 6) is 0.573. The van der Waals surface area contributed by atoms with Crippen LogP contribution in [0.2, 0.25) is 5.02 Å². The second-order valence-corrected chi connectivity index (χ2v) is 11.2. The number of sulfonamides is 1. The van der Waals surface area contributed by atoms with E-state index < -0.39 is 10.0 Å². The van der Waals surface area contributed by atoms with Crippen molar-refractivity contribution in [3.05, 3.63) is 59.1 Å². The average molecular weight is 506 g/mol. The van der Waals surface area contributed by atoms with E-state index in [9.17, 15) is 13.2 Å². The Morgan fingerprint density at radius 3 is 2.50 bits per heavy atom. The smallest absolute Gasteiger partial charge is 0.243 e. The normalized spacial score (nSPS) is 19.7. The summed E-state index contributed by atoms with van der Waals surface area (Å²) in [6, 6.07) is 14.3. The van der Waals surface area contributed by atoms with Gasteiger partial charge in [-0.3, -0.25) is 9.69 Å².